The number of benzene rings is 2. The zero-order chi connectivity index (χ0) is 23.9. The first kappa shape index (κ1) is 22.2. The molecule has 3 aromatic rings. The fourth-order valence-electron chi connectivity index (χ4n) is 5.28. The Morgan fingerprint density at radius 2 is 1.97 bits per heavy atom. The van der Waals surface area contributed by atoms with Gasteiger partial charge in [-0.1, -0.05) is 48.2 Å². The van der Waals surface area contributed by atoms with Gasteiger partial charge in [0.2, 0.25) is 5.95 Å². The lowest BCUT2D eigenvalue weighted by molar-refractivity contribution is 0.186. The molecule has 1 aliphatic heterocycles. The summed E-state index contributed by atoms with van der Waals surface area (Å²) in [7, 11) is 1.67. The van der Waals surface area contributed by atoms with Crippen LogP contribution in [-0.4, -0.2) is 27.7 Å². The highest BCUT2D eigenvalue weighted by Crippen LogP contribution is 2.50. The molecule has 34 heavy (non-hydrogen) atoms. The molecule has 1 saturated heterocycles. The summed E-state index contributed by atoms with van der Waals surface area (Å²) in [5, 5.41) is 9.52. The molecule has 0 bridgehead atoms. The quantitative estimate of drug-likeness (QED) is 0.575. The third kappa shape index (κ3) is 3.84. The molecule has 6 nitrogen and oxygen atoms in total. The van der Waals surface area contributed by atoms with E-state index in [0.29, 0.717) is 5.95 Å². The summed E-state index contributed by atoms with van der Waals surface area (Å²) >= 11 is 0. The van der Waals surface area contributed by atoms with Gasteiger partial charge in [-0.05, 0) is 47.9 Å². The number of hydrogen-bond donors (Lipinski definition) is 2. The molecule has 1 aliphatic carbocycles. The number of piperidine rings is 1. The van der Waals surface area contributed by atoms with Crippen LogP contribution >= 0.6 is 0 Å². The second kappa shape index (κ2) is 8.62. The van der Waals surface area contributed by atoms with Gasteiger partial charge in [0.15, 0.2) is 6.17 Å². The number of alkyl halides is 1. The Morgan fingerprint density at radius 3 is 2.71 bits per heavy atom. The number of nitrogens with zero attached hydrogens (tertiary/aromatic N) is 3. The normalized spacial score (nSPS) is 19.4. The lowest BCUT2D eigenvalue weighted by Crippen LogP contribution is -2.46. The molecule has 0 radical (unpaired) electrons. The van der Waals surface area contributed by atoms with Crippen LogP contribution in [0.4, 0.5) is 10.3 Å². The molecule has 2 heterocycles. The second-order valence-corrected chi connectivity index (χ2v) is 9.27. The van der Waals surface area contributed by atoms with Crippen molar-refractivity contribution >= 4 is 5.95 Å². The molecule has 0 saturated carbocycles. The number of rotatable bonds is 2. The minimum Gasteiger partial charge on any atom is -0.508 e. The minimum absolute atomic E-state index is 0.0282. The molecule has 2 atom stereocenters. The van der Waals surface area contributed by atoms with Crippen molar-refractivity contribution in [2.75, 3.05) is 18.0 Å². The van der Waals surface area contributed by atoms with Gasteiger partial charge in [-0.3, -0.25) is 9.36 Å². The zero-order valence-corrected chi connectivity index (χ0v) is 19.0. The lowest BCUT2D eigenvalue weighted by atomic mass is 9.73. The summed E-state index contributed by atoms with van der Waals surface area (Å²) in [5.41, 5.74) is 9.37. The van der Waals surface area contributed by atoms with E-state index in [-0.39, 0.29) is 33.9 Å². The van der Waals surface area contributed by atoms with Crippen LogP contribution in [0.25, 0.3) is 0 Å². The van der Waals surface area contributed by atoms with Crippen molar-refractivity contribution < 1.29 is 9.50 Å². The van der Waals surface area contributed by atoms with Gasteiger partial charge in [-0.15, -0.1) is 0 Å². The summed E-state index contributed by atoms with van der Waals surface area (Å²) in [6.07, 6.45) is 2.64. The van der Waals surface area contributed by atoms with Gasteiger partial charge in [0, 0.05) is 31.7 Å². The van der Waals surface area contributed by atoms with E-state index >= 15 is 0 Å². The van der Waals surface area contributed by atoms with Gasteiger partial charge >= 0.3 is 0 Å². The zero-order valence-electron chi connectivity index (χ0n) is 19.0. The Bertz CT molecular complexity index is 1350. The van der Waals surface area contributed by atoms with Crippen molar-refractivity contribution in [1.29, 1.82) is 0 Å². The maximum atomic E-state index is 14.4. The number of halogens is 1. The average Bonchev–Trinajstić information content (AvgIpc) is 3.12. The minimum atomic E-state index is -1.62. The first-order valence-corrected chi connectivity index (χ1v) is 11.5. The van der Waals surface area contributed by atoms with E-state index in [0.717, 1.165) is 32.4 Å². The molecular formula is C27H27FN4O2. The monoisotopic (exact) mass is 458 g/mol. The molecule has 2 aliphatic rings. The van der Waals surface area contributed by atoms with Crippen LogP contribution < -0.4 is 16.2 Å². The van der Waals surface area contributed by atoms with E-state index < -0.39 is 6.17 Å². The van der Waals surface area contributed by atoms with Crippen molar-refractivity contribution in [1.82, 2.24) is 9.55 Å². The Hall–Kier alpha value is -3.63. The first-order valence-electron chi connectivity index (χ1n) is 11.5. The summed E-state index contributed by atoms with van der Waals surface area (Å²) in [4.78, 5) is 19.5. The largest absolute Gasteiger partial charge is 0.508 e. The van der Waals surface area contributed by atoms with Crippen LogP contribution in [0.5, 0.6) is 5.75 Å². The summed E-state index contributed by atoms with van der Waals surface area (Å²) < 4.78 is 15.9. The number of aromatic nitrogens is 2. The van der Waals surface area contributed by atoms with Gasteiger partial charge in [-0.25, -0.2) is 9.37 Å². The number of nitrogens with two attached hydrogens (primary N) is 1. The fourth-order valence-corrected chi connectivity index (χ4v) is 5.28. The summed E-state index contributed by atoms with van der Waals surface area (Å²) in [6, 6.07) is 14.3. The SMILES string of the molecule is Cn1c(N2CCC3(CC2)Cc2ccccc2[C@H]3N)ncc(C#CC(F)c2cccc(O)c2)c1=O. The number of phenolic OH excluding ortho intramolecular Hbond substituents is 1. The predicted octanol–water partition coefficient (Wildman–Crippen LogP) is 3.39. The maximum absolute atomic E-state index is 14.4. The predicted molar refractivity (Wildman–Crippen MR) is 129 cm³/mol. The van der Waals surface area contributed by atoms with Crippen LogP contribution in [0.3, 0.4) is 0 Å². The summed E-state index contributed by atoms with van der Waals surface area (Å²) in [6.45, 7) is 1.52. The van der Waals surface area contributed by atoms with Gasteiger partial charge in [-0.2, -0.15) is 0 Å². The van der Waals surface area contributed by atoms with Crippen LogP contribution in [0.1, 0.15) is 47.3 Å². The number of phenols is 1. The first-order chi connectivity index (χ1) is 16.4. The van der Waals surface area contributed by atoms with Crippen molar-refractivity contribution in [3.63, 3.8) is 0 Å². The van der Waals surface area contributed by atoms with Crippen LogP contribution in [-0.2, 0) is 13.5 Å². The highest BCUT2D eigenvalue weighted by molar-refractivity contribution is 5.42. The maximum Gasteiger partial charge on any atom is 0.270 e. The Kier molecular flexibility index (Phi) is 5.62. The van der Waals surface area contributed by atoms with E-state index in [9.17, 15) is 14.3 Å². The molecule has 0 amide bonds. The van der Waals surface area contributed by atoms with Crippen LogP contribution in [0.15, 0.2) is 59.5 Å². The third-order valence-electron chi connectivity index (χ3n) is 7.28. The molecule has 7 heteroatoms. The molecular weight excluding hydrogens is 431 g/mol. The van der Waals surface area contributed by atoms with Gasteiger partial charge in [0.25, 0.3) is 5.56 Å². The van der Waals surface area contributed by atoms with Crippen molar-refractivity contribution in [3.05, 3.63) is 87.3 Å². The number of anilines is 1. The Balaban J connectivity index is 1.31. The van der Waals surface area contributed by atoms with E-state index in [2.05, 4.69) is 39.9 Å². The van der Waals surface area contributed by atoms with E-state index in [1.54, 1.807) is 13.1 Å². The van der Waals surface area contributed by atoms with Gasteiger partial charge in [0.05, 0.1) is 6.20 Å². The molecule has 3 N–H and O–H groups in total. The Labute approximate surface area is 197 Å². The van der Waals surface area contributed by atoms with Crippen LogP contribution in [0, 0.1) is 17.3 Å². The van der Waals surface area contributed by atoms with Gasteiger partial charge < -0.3 is 15.7 Å². The number of aromatic hydroxyl groups is 1. The van der Waals surface area contributed by atoms with E-state index in [4.69, 9.17) is 5.73 Å². The molecule has 1 spiro atoms. The molecule has 2 aromatic carbocycles. The Morgan fingerprint density at radius 1 is 1.21 bits per heavy atom. The molecule has 1 fully saturated rings. The van der Waals surface area contributed by atoms with Gasteiger partial charge in [0.1, 0.15) is 11.3 Å². The molecule has 174 valence electrons. The standard InChI is InChI=1S/C27H27FN4O2/c1-31-25(34)20(9-10-23(28)18-6-4-7-21(33)15-18)17-30-26(31)32-13-11-27(12-14-32)16-19-5-2-3-8-22(19)24(27)29/h2-8,15,17,23-24,33H,11-14,16,29H2,1H3/t23?,24-/m1/s1. The van der Waals surface area contributed by atoms with E-state index in [1.807, 2.05) is 6.07 Å². The second-order valence-electron chi connectivity index (χ2n) is 9.27. The summed E-state index contributed by atoms with van der Waals surface area (Å²) in [5.74, 6) is 5.62. The number of hydrogen-bond acceptors (Lipinski definition) is 5. The third-order valence-corrected chi connectivity index (χ3v) is 7.28. The molecule has 5 rings (SSSR count). The van der Waals surface area contributed by atoms with E-state index in [1.165, 1.54) is 40.1 Å². The molecule has 1 unspecified atom stereocenters. The van der Waals surface area contributed by atoms with Crippen molar-refractivity contribution in [3.8, 4) is 17.6 Å². The number of fused-ring (bicyclic) bond motifs is 1. The fraction of sp³-hybridized carbons (Fsp3) is 0.333. The highest BCUT2D eigenvalue weighted by atomic mass is 19.1. The topological polar surface area (TPSA) is 84.4 Å². The highest BCUT2D eigenvalue weighted by Gasteiger charge is 2.46. The van der Waals surface area contributed by atoms with Crippen molar-refractivity contribution in [2.24, 2.45) is 18.2 Å². The molecule has 1 aromatic heterocycles. The van der Waals surface area contributed by atoms with Crippen molar-refractivity contribution in [2.45, 2.75) is 31.5 Å². The smallest absolute Gasteiger partial charge is 0.270 e. The lowest BCUT2D eigenvalue weighted by Gasteiger charge is -2.42. The average molecular weight is 459 g/mol. The van der Waals surface area contributed by atoms with Crippen LogP contribution in [0.2, 0.25) is 0 Å².